The van der Waals surface area contributed by atoms with Crippen LogP contribution in [0.2, 0.25) is 0 Å². The summed E-state index contributed by atoms with van der Waals surface area (Å²) in [6, 6.07) is 10.5. The summed E-state index contributed by atoms with van der Waals surface area (Å²) in [5.41, 5.74) is 0.117. The van der Waals surface area contributed by atoms with Crippen LogP contribution in [-0.4, -0.2) is 12.0 Å². The van der Waals surface area contributed by atoms with Crippen LogP contribution < -0.4 is 10.6 Å². The predicted octanol–water partition coefficient (Wildman–Crippen LogP) is 3.75. The molecule has 0 amide bonds. The number of rotatable bonds is 4. The summed E-state index contributed by atoms with van der Waals surface area (Å²) in [6.45, 7) is 0.415. The molecule has 1 aromatic carbocycles. The molecule has 2 aromatic rings. The molecule has 0 spiro atoms. The van der Waals surface area contributed by atoms with Crippen molar-refractivity contribution in [3.05, 3.63) is 53.6 Å². The molecule has 0 radical (unpaired) electrons. The molecule has 0 fully saturated rings. The fraction of sp³-hybridized carbons (Fsp3) is 0.214. The molecule has 1 aromatic heterocycles. The molecule has 2 rings (SSSR count). The second kappa shape index (κ2) is 5.81. The van der Waals surface area contributed by atoms with Crippen LogP contribution in [0.1, 0.15) is 11.1 Å². The van der Waals surface area contributed by atoms with Crippen molar-refractivity contribution in [2.24, 2.45) is 0 Å². The normalized spacial score (nSPS) is 11.2. The van der Waals surface area contributed by atoms with Gasteiger partial charge in [0.05, 0.1) is 5.56 Å². The molecule has 0 saturated heterocycles. The smallest absolute Gasteiger partial charge is 0.373 e. The number of nitrogens with zero attached hydrogens (tertiary/aromatic N) is 1. The number of hydrogen-bond donors (Lipinski definition) is 2. The summed E-state index contributed by atoms with van der Waals surface area (Å²) >= 11 is 0. The molecule has 1 heterocycles. The lowest BCUT2D eigenvalue weighted by Crippen LogP contribution is -2.06. The van der Waals surface area contributed by atoms with E-state index in [1.165, 1.54) is 12.1 Å². The van der Waals surface area contributed by atoms with Gasteiger partial charge in [0.25, 0.3) is 0 Å². The highest BCUT2D eigenvalue weighted by Crippen LogP contribution is 2.29. The van der Waals surface area contributed by atoms with Gasteiger partial charge in [0, 0.05) is 13.6 Å². The Bertz CT molecular complexity index is 565. The largest absolute Gasteiger partial charge is 0.416 e. The maximum Gasteiger partial charge on any atom is 0.416 e. The molecule has 0 unspecified atom stereocenters. The molecular formula is C14H14F3N3. The van der Waals surface area contributed by atoms with Gasteiger partial charge in [-0.2, -0.15) is 13.2 Å². The summed E-state index contributed by atoms with van der Waals surface area (Å²) in [7, 11) is 1.77. The van der Waals surface area contributed by atoms with Gasteiger partial charge in [-0.05, 0) is 29.8 Å². The van der Waals surface area contributed by atoms with Crippen molar-refractivity contribution in [3.8, 4) is 0 Å². The summed E-state index contributed by atoms with van der Waals surface area (Å²) in [5.74, 6) is 1.39. The summed E-state index contributed by atoms with van der Waals surface area (Å²) in [5, 5.41) is 5.97. The molecule has 0 aliphatic carbocycles. The average Bonchev–Trinajstić information content (AvgIpc) is 2.45. The molecular weight excluding hydrogens is 267 g/mol. The van der Waals surface area contributed by atoms with Crippen molar-refractivity contribution in [1.29, 1.82) is 0 Å². The molecule has 2 N–H and O–H groups in total. The van der Waals surface area contributed by atoms with Gasteiger partial charge in [-0.15, -0.1) is 0 Å². The minimum Gasteiger partial charge on any atom is -0.373 e. The van der Waals surface area contributed by atoms with Crippen LogP contribution in [0, 0.1) is 0 Å². The number of pyridine rings is 1. The summed E-state index contributed by atoms with van der Waals surface area (Å²) in [4.78, 5) is 4.26. The van der Waals surface area contributed by atoms with Crippen molar-refractivity contribution in [2.45, 2.75) is 12.7 Å². The zero-order chi connectivity index (χ0) is 14.6. The average molecular weight is 281 g/mol. The van der Waals surface area contributed by atoms with Crippen LogP contribution in [0.25, 0.3) is 0 Å². The molecule has 0 saturated carbocycles. The number of nitrogens with one attached hydrogen (secondary N) is 2. The van der Waals surface area contributed by atoms with Crippen LogP contribution in [0.3, 0.4) is 0 Å². The molecule has 0 atom stereocenters. The molecule has 0 bridgehead atoms. The second-order valence-electron chi connectivity index (χ2n) is 4.21. The Labute approximate surface area is 114 Å². The Hall–Kier alpha value is -2.24. The molecule has 20 heavy (non-hydrogen) atoms. The second-order valence-corrected chi connectivity index (χ2v) is 4.21. The van der Waals surface area contributed by atoms with Gasteiger partial charge in [-0.3, -0.25) is 0 Å². The van der Waals surface area contributed by atoms with Crippen LogP contribution in [0.4, 0.5) is 24.8 Å². The van der Waals surface area contributed by atoms with Gasteiger partial charge in [0.2, 0.25) is 0 Å². The minimum atomic E-state index is -4.30. The van der Waals surface area contributed by atoms with Gasteiger partial charge < -0.3 is 10.6 Å². The first-order valence-corrected chi connectivity index (χ1v) is 6.04. The highest BCUT2D eigenvalue weighted by Gasteiger charge is 2.29. The Morgan fingerprint density at radius 2 is 1.65 bits per heavy atom. The van der Waals surface area contributed by atoms with Crippen LogP contribution in [0.5, 0.6) is 0 Å². The minimum absolute atomic E-state index is 0.415. The first-order chi connectivity index (χ1) is 9.49. The quantitative estimate of drug-likeness (QED) is 0.896. The third kappa shape index (κ3) is 3.63. The van der Waals surface area contributed by atoms with Gasteiger partial charge in [-0.25, -0.2) is 4.98 Å². The standard InChI is InChI=1S/C14H14F3N3/c1-18-12-3-2-4-13(20-12)19-9-10-5-7-11(8-6-10)14(15,16)17/h2-8H,9H2,1H3,(H2,18,19,20). The molecule has 106 valence electrons. The lowest BCUT2D eigenvalue weighted by molar-refractivity contribution is -0.137. The van der Waals surface area contributed by atoms with Crippen molar-refractivity contribution < 1.29 is 13.2 Å². The fourth-order valence-corrected chi connectivity index (χ4v) is 1.68. The third-order valence-electron chi connectivity index (χ3n) is 2.76. The van der Waals surface area contributed by atoms with E-state index < -0.39 is 11.7 Å². The number of aromatic nitrogens is 1. The Morgan fingerprint density at radius 3 is 2.25 bits per heavy atom. The lowest BCUT2D eigenvalue weighted by atomic mass is 10.1. The zero-order valence-corrected chi connectivity index (χ0v) is 10.8. The maximum absolute atomic E-state index is 12.4. The van der Waals surface area contributed by atoms with E-state index in [0.717, 1.165) is 23.5 Å². The van der Waals surface area contributed by atoms with E-state index in [9.17, 15) is 13.2 Å². The van der Waals surface area contributed by atoms with E-state index in [1.54, 1.807) is 13.1 Å². The topological polar surface area (TPSA) is 37.0 Å². The summed E-state index contributed by atoms with van der Waals surface area (Å²) in [6.07, 6.45) is -4.30. The highest BCUT2D eigenvalue weighted by atomic mass is 19.4. The predicted molar refractivity (Wildman–Crippen MR) is 72.6 cm³/mol. The van der Waals surface area contributed by atoms with Crippen molar-refractivity contribution >= 4 is 11.6 Å². The van der Waals surface area contributed by atoms with Crippen LogP contribution in [0.15, 0.2) is 42.5 Å². The summed E-state index contributed by atoms with van der Waals surface area (Å²) < 4.78 is 37.3. The van der Waals surface area contributed by atoms with E-state index in [2.05, 4.69) is 15.6 Å². The van der Waals surface area contributed by atoms with E-state index >= 15 is 0 Å². The number of benzene rings is 1. The molecule has 0 aliphatic heterocycles. The van der Waals surface area contributed by atoms with Crippen molar-refractivity contribution in [2.75, 3.05) is 17.7 Å². The van der Waals surface area contributed by atoms with Crippen LogP contribution >= 0.6 is 0 Å². The molecule has 6 heteroatoms. The number of alkyl halides is 3. The first-order valence-electron chi connectivity index (χ1n) is 6.04. The zero-order valence-electron chi connectivity index (χ0n) is 10.8. The fourth-order valence-electron chi connectivity index (χ4n) is 1.68. The van der Waals surface area contributed by atoms with E-state index in [0.29, 0.717) is 12.4 Å². The van der Waals surface area contributed by atoms with Gasteiger partial charge in [0.15, 0.2) is 0 Å². The molecule has 3 nitrogen and oxygen atoms in total. The van der Waals surface area contributed by atoms with Crippen molar-refractivity contribution in [1.82, 2.24) is 4.98 Å². The number of hydrogen-bond acceptors (Lipinski definition) is 3. The lowest BCUT2D eigenvalue weighted by Gasteiger charge is -2.09. The van der Waals surface area contributed by atoms with Gasteiger partial charge >= 0.3 is 6.18 Å². The Morgan fingerprint density at radius 1 is 1.00 bits per heavy atom. The third-order valence-corrected chi connectivity index (χ3v) is 2.76. The van der Waals surface area contributed by atoms with Crippen LogP contribution in [-0.2, 0) is 12.7 Å². The maximum atomic E-state index is 12.4. The monoisotopic (exact) mass is 281 g/mol. The number of anilines is 2. The van der Waals surface area contributed by atoms with Gasteiger partial charge in [0.1, 0.15) is 11.6 Å². The van der Waals surface area contributed by atoms with Crippen molar-refractivity contribution in [3.63, 3.8) is 0 Å². The van der Waals surface area contributed by atoms with E-state index in [-0.39, 0.29) is 0 Å². The SMILES string of the molecule is CNc1cccc(NCc2ccc(C(F)(F)F)cc2)n1. The van der Waals surface area contributed by atoms with Gasteiger partial charge in [-0.1, -0.05) is 18.2 Å². The Balaban J connectivity index is 2.00. The molecule has 0 aliphatic rings. The number of halogens is 3. The van der Waals surface area contributed by atoms with E-state index in [4.69, 9.17) is 0 Å². The first kappa shape index (κ1) is 14.2. The highest BCUT2D eigenvalue weighted by molar-refractivity contribution is 5.45. The van der Waals surface area contributed by atoms with E-state index in [1.807, 2.05) is 12.1 Å². The Kier molecular flexibility index (Phi) is 4.12.